The van der Waals surface area contributed by atoms with Crippen LogP contribution in [-0.4, -0.2) is 33.8 Å². The molecule has 2 aromatic rings. The number of nitrogens with one attached hydrogen (secondary N) is 2. The van der Waals surface area contributed by atoms with Crippen LogP contribution in [0.2, 0.25) is 0 Å². The van der Waals surface area contributed by atoms with Gasteiger partial charge in [0.1, 0.15) is 0 Å². The third-order valence-electron chi connectivity index (χ3n) is 2.52. The largest absolute Gasteiger partial charge is 0.392 e. The van der Waals surface area contributed by atoms with E-state index >= 15 is 0 Å². The molecule has 0 radical (unpaired) electrons. The van der Waals surface area contributed by atoms with Gasteiger partial charge in [0, 0.05) is 18.9 Å². The van der Waals surface area contributed by atoms with Gasteiger partial charge in [-0.15, -0.1) is 0 Å². The Bertz CT molecular complexity index is 583. The van der Waals surface area contributed by atoms with Crippen molar-refractivity contribution in [1.82, 2.24) is 15.3 Å². The fraction of sp³-hybridized carbons (Fsp3) is 0.308. The second-order valence-corrected chi connectivity index (χ2v) is 5.35. The number of amides is 2. The standard InChI is InChI=1S/C13H16N4O2S/c1-8(18)7-15-12(19)17-13-16-9(2)11(20-13)10-3-5-14-6-4-10/h3-6,8,18H,7H2,1-2H3,(H2,15,16,17,19)/t8-/m0/s1. The summed E-state index contributed by atoms with van der Waals surface area (Å²) in [5.41, 5.74) is 1.87. The molecule has 0 unspecified atom stereocenters. The third kappa shape index (κ3) is 3.75. The summed E-state index contributed by atoms with van der Waals surface area (Å²) in [5, 5.41) is 14.8. The Kier molecular flexibility index (Phi) is 4.65. The van der Waals surface area contributed by atoms with Gasteiger partial charge in [0.05, 0.1) is 16.7 Å². The summed E-state index contributed by atoms with van der Waals surface area (Å²) in [6.07, 6.45) is 2.86. The second-order valence-electron chi connectivity index (χ2n) is 4.35. The molecule has 6 nitrogen and oxygen atoms in total. The molecule has 0 aromatic carbocycles. The first-order chi connectivity index (χ1) is 9.56. The molecule has 3 N–H and O–H groups in total. The van der Waals surface area contributed by atoms with Gasteiger partial charge in [-0.1, -0.05) is 11.3 Å². The van der Waals surface area contributed by atoms with E-state index in [4.69, 9.17) is 5.11 Å². The first-order valence-electron chi connectivity index (χ1n) is 6.17. The number of thiazole rings is 1. The zero-order valence-corrected chi connectivity index (χ0v) is 12.1. The molecule has 0 aliphatic carbocycles. The van der Waals surface area contributed by atoms with Crippen LogP contribution in [0.15, 0.2) is 24.5 Å². The van der Waals surface area contributed by atoms with E-state index in [1.54, 1.807) is 19.3 Å². The fourth-order valence-corrected chi connectivity index (χ4v) is 2.57. The summed E-state index contributed by atoms with van der Waals surface area (Å²) >= 11 is 1.40. The van der Waals surface area contributed by atoms with Gasteiger partial charge in [0.25, 0.3) is 0 Å². The van der Waals surface area contributed by atoms with Crippen molar-refractivity contribution in [2.45, 2.75) is 20.0 Å². The van der Waals surface area contributed by atoms with Gasteiger partial charge in [-0.05, 0) is 31.5 Å². The van der Waals surface area contributed by atoms with Crippen molar-refractivity contribution in [3.63, 3.8) is 0 Å². The predicted octanol–water partition coefficient (Wildman–Crippen LogP) is 2.02. The highest BCUT2D eigenvalue weighted by molar-refractivity contribution is 7.19. The van der Waals surface area contributed by atoms with Crippen molar-refractivity contribution in [3.05, 3.63) is 30.2 Å². The van der Waals surface area contributed by atoms with Gasteiger partial charge in [0.15, 0.2) is 5.13 Å². The molecule has 0 bridgehead atoms. The third-order valence-corrected chi connectivity index (χ3v) is 3.64. The highest BCUT2D eigenvalue weighted by Crippen LogP contribution is 2.32. The quantitative estimate of drug-likeness (QED) is 0.804. The normalized spacial score (nSPS) is 11.9. The minimum absolute atomic E-state index is 0.202. The number of nitrogens with zero attached hydrogens (tertiary/aromatic N) is 2. The van der Waals surface area contributed by atoms with Crippen LogP contribution in [0.5, 0.6) is 0 Å². The molecule has 7 heteroatoms. The molecular weight excluding hydrogens is 276 g/mol. The van der Waals surface area contributed by atoms with E-state index in [0.717, 1.165) is 16.1 Å². The molecule has 0 saturated carbocycles. The van der Waals surface area contributed by atoms with Crippen molar-refractivity contribution in [3.8, 4) is 10.4 Å². The van der Waals surface area contributed by atoms with Crippen molar-refractivity contribution < 1.29 is 9.90 Å². The minimum atomic E-state index is -0.578. The van der Waals surface area contributed by atoms with Crippen LogP contribution in [0.3, 0.4) is 0 Å². The molecule has 2 heterocycles. The zero-order valence-electron chi connectivity index (χ0n) is 11.3. The Hall–Kier alpha value is -1.99. The number of rotatable bonds is 4. The summed E-state index contributed by atoms with van der Waals surface area (Å²) in [5.74, 6) is 0. The molecular formula is C13H16N4O2S. The van der Waals surface area contributed by atoms with Crippen LogP contribution in [0.25, 0.3) is 10.4 Å². The van der Waals surface area contributed by atoms with E-state index in [1.165, 1.54) is 11.3 Å². The number of carbonyl (C=O) groups is 1. The monoisotopic (exact) mass is 292 g/mol. The van der Waals surface area contributed by atoms with E-state index in [1.807, 2.05) is 19.1 Å². The second kappa shape index (κ2) is 6.44. The highest BCUT2D eigenvalue weighted by Gasteiger charge is 2.11. The SMILES string of the molecule is Cc1nc(NC(=O)NC[C@H](C)O)sc1-c1ccncc1. The van der Waals surface area contributed by atoms with Crippen LogP contribution in [-0.2, 0) is 0 Å². The lowest BCUT2D eigenvalue weighted by atomic mass is 10.2. The van der Waals surface area contributed by atoms with E-state index in [9.17, 15) is 4.79 Å². The number of aryl methyl sites for hydroxylation is 1. The summed E-state index contributed by atoms with van der Waals surface area (Å²) in [4.78, 5) is 20.9. The van der Waals surface area contributed by atoms with Crippen LogP contribution < -0.4 is 10.6 Å². The van der Waals surface area contributed by atoms with Gasteiger partial charge in [0.2, 0.25) is 0 Å². The molecule has 1 atom stereocenters. The lowest BCUT2D eigenvalue weighted by molar-refractivity contribution is 0.190. The van der Waals surface area contributed by atoms with Gasteiger partial charge in [-0.3, -0.25) is 10.3 Å². The fourth-order valence-electron chi connectivity index (χ4n) is 1.60. The Morgan fingerprint density at radius 1 is 1.45 bits per heavy atom. The summed E-state index contributed by atoms with van der Waals surface area (Å²) in [6, 6.07) is 3.43. The number of hydrogen-bond donors (Lipinski definition) is 3. The first-order valence-corrected chi connectivity index (χ1v) is 6.98. The predicted molar refractivity (Wildman–Crippen MR) is 78.8 cm³/mol. The van der Waals surface area contributed by atoms with Crippen molar-refractivity contribution >= 4 is 22.5 Å². The Labute approximate surface area is 120 Å². The van der Waals surface area contributed by atoms with Gasteiger partial charge in [-0.2, -0.15) is 0 Å². The van der Waals surface area contributed by atoms with Gasteiger partial charge in [-0.25, -0.2) is 9.78 Å². The van der Waals surface area contributed by atoms with Gasteiger partial charge >= 0.3 is 6.03 Å². The smallest absolute Gasteiger partial charge is 0.321 e. The lowest BCUT2D eigenvalue weighted by Gasteiger charge is -2.06. The number of carbonyl (C=O) groups excluding carboxylic acids is 1. The van der Waals surface area contributed by atoms with Crippen LogP contribution in [0.4, 0.5) is 9.93 Å². The maximum absolute atomic E-state index is 11.6. The zero-order chi connectivity index (χ0) is 14.5. The molecule has 0 aliphatic rings. The Morgan fingerprint density at radius 2 is 2.15 bits per heavy atom. The molecule has 20 heavy (non-hydrogen) atoms. The van der Waals surface area contributed by atoms with Crippen molar-refractivity contribution in [1.29, 1.82) is 0 Å². The number of anilines is 1. The van der Waals surface area contributed by atoms with Gasteiger partial charge < -0.3 is 10.4 Å². The maximum Gasteiger partial charge on any atom is 0.321 e. The molecule has 2 amide bonds. The van der Waals surface area contributed by atoms with Crippen molar-refractivity contribution in [2.75, 3.05) is 11.9 Å². The van der Waals surface area contributed by atoms with E-state index in [0.29, 0.717) is 5.13 Å². The van der Waals surface area contributed by atoms with Crippen LogP contribution in [0.1, 0.15) is 12.6 Å². The molecule has 2 aromatic heterocycles. The van der Waals surface area contributed by atoms with Crippen LogP contribution >= 0.6 is 11.3 Å². The molecule has 0 spiro atoms. The molecule has 2 rings (SSSR count). The number of hydrogen-bond acceptors (Lipinski definition) is 5. The molecule has 106 valence electrons. The molecule has 0 fully saturated rings. The number of urea groups is 1. The summed E-state index contributed by atoms with van der Waals surface area (Å²) in [7, 11) is 0. The molecule has 0 saturated heterocycles. The van der Waals surface area contributed by atoms with Crippen molar-refractivity contribution in [2.24, 2.45) is 0 Å². The number of pyridine rings is 1. The first kappa shape index (κ1) is 14.4. The molecule has 0 aliphatic heterocycles. The Morgan fingerprint density at radius 3 is 2.80 bits per heavy atom. The van der Waals surface area contributed by atoms with E-state index < -0.39 is 6.10 Å². The average Bonchev–Trinajstić information content (AvgIpc) is 2.78. The summed E-state index contributed by atoms with van der Waals surface area (Å²) in [6.45, 7) is 3.70. The number of aliphatic hydroxyl groups is 1. The highest BCUT2D eigenvalue weighted by atomic mass is 32.1. The summed E-state index contributed by atoms with van der Waals surface area (Å²) < 4.78 is 0. The number of aliphatic hydroxyl groups excluding tert-OH is 1. The minimum Gasteiger partial charge on any atom is -0.392 e. The van der Waals surface area contributed by atoms with E-state index in [2.05, 4.69) is 20.6 Å². The number of aromatic nitrogens is 2. The van der Waals surface area contributed by atoms with Crippen LogP contribution in [0, 0.1) is 6.92 Å². The maximum atomic E-state index is 11.6. The topological polar surface area (TPSA) is 87.1 Å². The van der Waals surface area contributed by atoms with E-state index in [-0.39, 0.29) is 12.6 Å². The lowest BCUT2D eigenvalue weighted by Crippen LogP contribution is -2.34. The average molecular weight is 292 g/mol. The Balaban J connectivity index is 2.06.